The Bertz CT molecular complexity index is 652. The van der Waals surface area contributed by atoms with Crippen LogP contribution in [0.1, 0.15) is 12.0 Å². The average Bonchev–Trinajstić information content (AvgIpc) is 3.09. The molecule has 1 aromatic rings. The highest BCUT2D eigenvalue weighted by molar-refractivity contribution is 7.89. The topological polar surface area (TPSA) is 76.4 Å². The molecule has 1 atom stereocenters. The van der Waals surface area contributed by atoms with Gasteiger partial charge in [-0.25, -0.2) is 8.42 Å². The number of nitrogens with zero attached hydrogens (tertiary/aromatic N) is 3. The third-order valence-electron chi connectivity index (χ3n) is 4.45. The summed E-state index contributed by atoms with van der Waals surface area (Å²) < 4.78 is 26.8. The van der Waals surface area contributed by atoms with Crippen molar-refractivity contribution < 1.29 is 8.42 Å². The van der Waals surface area contributed by atoms with Gasteiger partial charge in [0.25, 0.3) is 0 Å². The molecule has 2 aliphatic rings. The summed E-state index contributed by atoms with van der Waals surface area (Å²) in [6.07, 6.45) is 1.14. The molecular weight excluding hydrogens is 300 g/mol. The summed E-state index contributed by atoms with van der Waals surface area (Å²) in [4.78, 5) is 2.65. The van der Waals surface area contributed by atoms with Crippen LogP contribution in [0, 0.1) is 11.3 Å². The second kappa shape index (κ2) is 6.34. The molecule has 0 spiro atoms. The normalized spacial score (nSPS) is 24.2. The molecule has 2 aliphatic heterocycles. The van der Waals surface area contributed by atoms with Crippen LogP contribution in [-0.4, -0.2) is 62.9 Å². The Morgan fingerprint density at radius 1 is 1.14 bits per heavy atom. The van der Waals surface area contributed by atoms with E-state index >= 15 is 0 Å². The molecule has 0 saturated carbocycles. The predicted octanol–water partition coefficient (Wildman–Crippen LogP) is 0.226. The van der Waals surface area contributed by atoms with E-state index < -0.39 is 10.0 Å². The van der Waals surface area contributed by atoms with E-state index in [4.69, 9.17) is 5.26 Å². The van der Waals surface area contributed by atoms with Gasteiger partial charge in [-0.3, -0.25) is 4.90 Å². The van der Waals surface area contributed by atoms with Crippen LogP contribution in [-0.2, 0) is 10.0 Å². The molecule has 0 amide bonds. The van der Waals surface area contributed by atoms with E-state index in [2.05, 4.69) is 10.2 Å². The van der Waals surface area contributed by atoms with E-state index in [9.17, 15) is 8.42 Å². The van der Waals surface area contributed by atoms with Crippen LogP contribution in [0.2, 0.25) is 0 Å². The van der Waals surface area contributed by atoms with Crippen molar-refractivity contribution in [2.75, 3.05) is 39.3 Å². The number of benzene rings is 1. The molecule has 0 aliphatic carbocycles. The fourth-order valence-electron chi connectivity index (χ4n) is 3.11. The molecule has 0 bridgehead atoms. The Hall–Kier alpha value is -1.46. The fraction of sp³-hybridized carbons (Fsp3) is 0.533. The minimum Gasteiger partial charge on any atom is -0.315 e. The second-order valence-corrected chi connectivity index (χ2v) is 7.66. The summed E-state index contributed by atoms with van der Waals surface area (Å²) in [6.45, 7) is 4.66. The summed E-state index contributed by atoms with van der Waals surface area (Å²) in [5, 5.41) is 12.1. The lowest BCUT2D eigenvalue weighted by Gasteiger charge is -2.37. The van der Waals surface area contributed by atoms with Crippen LogP contribution in [0.5, 0.6) is 0 Å². The largest absolute Gasteiger partial charge is 0.315 e. The summed E-state index contributed by atoms with van der Waals surface area (Å²) in [7, 11) is -3.45. The van der Waals surface area contributed by atoms with Crippen molar-refractivity contribution in [2.24, 2.45) is 0 Å². The number of nitriles is 1. The van der Waals surface area contributed by atoms with Crippen molar-refractivity contribution in [3.8, 4) is 6.07 Å². The van der Waals surface area contributed by atoms with Gasteiger partial charge < -0.3 is 5.32 Å². The monoisotopic (exact) mass is 320 g/mol. The van der Waals surface area contributed by atoms with Crippen LogP contribution in [0.15, 0.2) is 29.2 Å². The summed E-state index contributed by atoms with van der Waals surface area (Å²) in [5.74, 6) is 0. The highest BCUT2D eigenvalue weighted by atomic mass is 32.2. The highest BCUT2D eigenvalue weighted by Crippen LogP contribution is 2.20. The van der Waals surface area contributed by atoms with Gasteiger partial charge in [0.15, 0.2) is 0 Å². The standard InChI is InChI=1S/C15H20N4O2S/c16-11-13-1-3-15(4-2-13)22(20,21)19-9-7-18(8-10-19)14-5-6-17-12-14/h1-4,14,17H,5-10,12H2. The fourth-order valence-corrected chi connectivity index (χ4v) is 4.53. The minimum absolute atomic E-state index is 0.266. The summed E-state index contributed by atoms with van der Waals surface area (Å²) in [6, 6.07) is 8.67. The first-order chi connectivity index (χ1) is 10.6. The highest BCUT2D eigenvalue weighted by Gasteiger charge is 2.31. The van der Waals surface area contributed by atoms with E-state index in [1.807, 2.05) is 6.07 Å². The molecule has 3 rings (SSSR count). The smallest absolute Gasteiger partial charge is 0.243 e. The average molecular weight is 320 g/mol. The number of rotatable bonds is 3. The zero-order chi connectivity index (χ0) is 15.6. The third-order valence-corrected chi connectivity index (χ3v) is 6.36. The molecule has 2 saturated heterocycles. The van der Waals surface area contributed by atoms with E-state index in [0.717, 1.165) is 32.6 Å². The molecule has 22 heavy (non-hydrogen) atoms. The van der Waals surface area contributed by atoms with Gasteiger partial charge in [0.2, 0.25) is 10.0 Å². The molecule has 0 aromatic heterocycles. The maximum absolute atomic E-state index is 12.6. The van der Waals surface area contributed by atoms with Gasteiger partial charge in [0.05, 0.1) is 16.5 Å². The van der Waals surface area contributed by atoms with Crippen LogP contribution in [0.25, 0.3) is 0 Å². The summed E-state index contributed by atoms with van der Waals surface area (Å²) in [5.41, 5.74) is 0.470. The lowest BCUT2D eigenvalue weighted by Crippen LogP contribution is -2.52. The molecule has 118 valence electrons. The number of hydrogen-bond donors (Lipinski definition) is 1. The number of hydrogen-bond acceptors (Lipinski definition) is 5. The minimum atomic E-state index is -3.45. The Morgan fingerprint density at radius 3 is 2.36 bits per heavy atom. The number of piperazine rings is 1. The molecule has 1 aromatic carbocycles. The molecule has 0 radical (unpaired) electrons. The number of sulfonamides is 1. The molecular formula is C15H20N4O2S. The molecule has 2 heterocycles. The SMILES string of the molecule is N#Cc1ccc(S(=O)(=O)N2CCN(C3CCNC3)CC2)cc1. The van der Waals surface area contributed by atoms with Gasteiger partial charge >= 0.3 is 0 Å². The van der Waals surface area contributed by atoms with Crippen molar-refractivity contribution in [1.82, 2.24) is 14.5 Å². The quantitative estimate of drug-likeness (QED) is 0.862. The van der Waals surface area contributed by atoms with Gasteiger partial charge in [0.1, 0.15) is 0 Å². The van der Waals surface area contributed by atoms with E-state index in [-0.39, 0.29) is 4.90 Å². The number of nitrogens with one attached hydrogen (secondary N) is 1. The van der Waals surface area contributed by atoms with Crippen molar-refractivity contribution in [3.05, 3.63) is 29.8 Å². The maximum Gasteiger partial charge on any atom is 0.243 e. The van der Waals surface area contributed by atoms with Crippen LogP contribution < -0.4 is 5.32 Å². The van der Waals surface area contributed by atoms with Crippen LogP contribution in [0.4, 0.5) is 0 Å². The first-order valence-corrected chi connectivity index (χ1v) is 9.00. The van der Waals surface area contributed by atoms with Crippen LogP contribution in [0.3, 0.4) is 0 Å². The van der Waals surface area contributed by atoms with Gasteiger partial charge in [-0.15, -0.1) is 0 Å². The van der Waals surface area contributed by atoms with Crippen molar-refractivity contribution in [1.29, 1.82) is 5.26 Å². The second-order valence-electron chi connectivity index (χ2n) is 5.72. The van der Waals surface area contributed by atoms with Crippen molar-refractivity contribution in [2.45, 2.75) is 17.4 Å². The van der Waals surface area contributed by atoms with Crippen LogP contribution >= 0.6 is 0 Å². The Labute approximate surface area is 131 Å². The maximum atomic E-state index is 12.6. The first-order valence-electron chi connectivity index (χ1n) is 7.56. The lowest BCUT2D eigenvalue weighted by molar-refractivity contribution is 0.145. The zero-order valence-electron chi connectivity index (χ0n) is 12.4. The van der Waals surface area contributed by atoms with Gasteiger partial charge in [0, 0.05) is 38.8 Å². The van der Waals surface area contributed by atoms with Gasteiger partial charge in [-0.05, 0) is 37.2 Å². The summed E-state index contributed by atoms with van der Waals surface area (Å²) >= 11 is 0. The zero-order valence-corrected chi connectivity index (χ0v) is 13.2. The van der Waals surface area contributed by atoms with E-state index in [0.29, 0.717) is 24.7 Å². The van der Waals surface area contributed by atoms with Crippen molar-refractivity contribution in [3.63, 3.8) is 0 Å². The Morgan fingerprint density at radius 2 is 1.82 bits per heavy atom. The molecule has 6 nitrogen and oxygen atoms in total. The predicted molar refractivity (Wildman–Crippen MR) is 82.8 cm³/mol. The molecule has 1 N–H and O–H groups in total. The van der Waals surface area contributed by atoms with E-state index in [1.165, 1.54) is 12.1 Å². The third kappa shape index (κ3) is 3.01. The molecule has 7 heteroatoms. The first kappa shape index (κ1) is 15.4. The molecule has 2 fully saturated rings. The van der Waals surface area contributed by atoms with Gasteiger partial charge in [-0.1, -0.05) is 0 Å². The Kier molecular flexibility index (Phi) is 4.45. The van der Waals surface area contributed by atoms with E-state index in [1.54, 1.807) is 16.4 Å². The lowest BCUT2D eigenvalue weighted by atomic mass is 10.2. The van der Waals surface area contributed by atoms with Crippen molar-refractivity contribution >= 4 is 10.0 Å². The Balaban J connectivity index is 1.67. The molecule has 1 unspecified atom stereocenters. The van der Waals surface area contributed by atoms with Gasteiger partial charge in [-0.2, -0.15) is 9.57 Å².